The summed E-state index contributed by atoms with van der Waals surface area (Å²) < 4.78 is 4.49. The molecule has 1 unspecified atom stereocenters. The number of H-pyrrole nitrogens is 1. The Balaban J connectivity index is 1.59. The lowest BCUT2D eigenvalue weighted by Gasteiger charge is -2.14. The first-order chi connectivity index (χ1) is 12.1. The summed E-state index contributed by atoms with van der Waals surface area (Å²) in [6.07, 6.45) is 0. The van der Waals surface area contributed by atoms with Gasteiger partial charge in [-0.05, 0) is 23.6 Å². The maximum absolute atomic E-state index is 12.1. The van der Waals surface area contributed by atoms with Gasteiger partial charge in [-0.3, -0.25) is 9.51 Å². The molecule has 3 N–H and O–H groups in total. The van der Waals surface area contributed by atoms with Crippen molar-refractivity contribution < 1.29 is 9.32 Å². The number of carbonyl (C=O) groups is 1. The number of urea groups is 1. The molecule has 7 nitrogen and oxygen atoms in total. The number of rotatable bonds is 5. The van der Waals surface area contributed by atoms with Gasteiger partial charge < -0.3 is 10.6 Å². The van der Waals surface area contributed by atoms with Crippen LogP contribution in [0.25, 0.3) is 11.4 Å². The highest BCUT2D eigenvalue weighted by Gasteiger charge is 2.09. The monoisotopic (exact) mass is 338 g/mol. The number of hydrogen-bond donors (Lipinski definition) is 3. The highest BCUT2D eigenvalue weighted by atomic mass is 16.5. The number of hydrogen-bond acceptors (Lipinski definition) is 4. The standard InChI is InChI=1S/C18H18N4O3/c1-12(13-6-3-2-4-7-13)11-19-17(23)20-15-9-5-8-14(10-15)16-21-18(24)25-22-16/h2-10,12H,11H2,1H3,(H2,19,20,23)(H,21,22,24). The molecule has 25 heavy (non-hydrogen) atoms. The first-order valence-electron chi connectivity index (χ1n) is 7.88. The topological polar surface area (TPSA) is 100 Å². The molecule has 1 aromatic heterocycles. The quantitative estimate of drug-likeness (QED) is 0.666. The Morgan fingerprint density at radius 1 is 1.20 bits per heavy atom. The number of nitrogens with one attached hydrogen (secondary N) is 3. The molecule has 3 rings (SSSR count). The molecule has 1 atom stereocenters. The van der Waals surface area contributed by atoms with E-state index in [4.69, 9.17) is 0 Å². The first-order valence-corrected chi connectivity index (χ1v) is 7.88. The molecule has 1 heterocycles. The van der Waals surface area contributed by atoms with Crippen LogP contribution in [-0.2, 0) is 0 Å². The van der Waals surface area contributed by atoms with E-state index >= 15 is 0 Å². The van der Waals surface area contributed by atoms with Crippen LogP contribution in [0.15, 0.2) is 63.9 Å². The van der Waals surface area contributed by atoms with E-state index < -0.39 is 5.76 Å². The lowest BCUT2D eigenvalue weighted by Crippen LogP contribution is -2.31. The normalized spacial score (nSPS) is 11.7. The van der Waals surface area contributed by atoms with Crippen molar-refractivity contribution in [2.24, 2.45) is 0 Å². The molecule has 0 saturated heterocycles. The van der Waals surface area contributed by atoms with Crippen molar-refractivity contribution in [1.29, 1.82) is 0 Å². The van der Waals surface area contributed by atoms with Gasteiger partial charge in [0.15, 0.2) is 5.82 Å². The van der Waals surface area contributed by atoms with Crippen LogP contribution < -0.4 is 16.4 Å². The molecule has 0 aliphatic heterocycles. The molecular weight excluding hydrogens is 320 g/mol. The summed E-state index contributed by atoms with van der Waals surface area (Å²) in [6, 6.07) is 16.7. The summed E-state index contributed by atoms with van der Waals surface area (Å²) in [7, 11) is 0. The highest BCUT2D eigenvalue weighted by Crippen LogP contribution is 2.18. The molecule has 0 bridgehead atoms. The van der Waals surface area contributed by atoms with Crippen LogP contribution in [0.3, 0.4) is 0 Å². The van der Waals surface area contributed by atoms with E-state index in [1.54, 1.807) is 24.3 Å². The maximum Gasteiger partial charge on any atom is 0.439 e. The summed E-state index contributed by atoms with van der Waals surface area (Å²) in [5.41, 5.74) is 2.40. The molecule has 0 aliphatic rings. The lowest BCUT2D eigenvalue weighted by molar-refractivity contribution is 0.251. The maximum atomic E-state index is 12.1. The van der Waals surface area contributed by atoms with E-state index in [9.17, 15) is 9.59 Å². The van der Waals surface area contributed by atoms with Crippen LogP contribution in [0.1, 0.15) is 18.4 Å². The molecule has 3 aromatic rings. The number of carbonyl (C=O) groups excluding carboxylic acids is 1. The number of nitrogens with zero attached hydrogens (tertiary/aromatic N) is 1. The van der Waals surface area contributed by atoms with Crippen molar-refractivity contribution in [3.8, 4) is 11.4 Å². The average molecular weight is 338 g/mol. The molecule has 0 radical (unpaired) electrons. The Hall–Kier alpha value is -3.35. The van der Waals surface area contributed by atoms with Gasteiger partial charge in [0.1, 0.15) is 0 Å². The highest BCUT2D eigenvalue weighted by molar-refractivity contribution is 5.89. The van der Waals surface area contributed by atoms with Crippen molar-refractivity contribution >= 4 is 11.7 Å². The van der Waals surface area contributed by atoms with E-state index in [0.717, 1.165) is 0 Å². The molecule has 2 amide bonds. The number of benzene rings is 2. The lowest BCUT2D eigenvalue weighted by atomic mass is 10.0. The number of aromatic amines is 1. The van der Waals surface area contributed by atoms with E-state index in [1.165, 1.54) is 5.56 Å². The third-order valence-electron chi connectivity index (χ3n) is 3.77. The van der Waals surface area contributed by atoms with Crippen LogP contribution in [0.2, 0.25) is 0 Å². The zero-order valence-electron chi connectivity index (χ0n) is 13.7. The minimum absolute atomic E-state index is 0.207. The van der Waals surface area contributed by atoms with Gasteiger partial charge in [0.25, 0.3) is 0 Å². The molecule has 0 saturated carbocycles. The zero-order valence-corrected chi connectivity index (χ0v) is 13.7. The van der Waals surface area contributed by atoms with Gasteiger partial charge >= 0.3 is 11.8 Å². The van der Waals surface area contributed by atoms with Gasteiger partial charge in [0.05, 0.1) is 0 Å². The second-order valence-electron chi connectivity index (χ2n) is 5.67. The van der Waals surface area contributed by atoms with Crippen LogP contribution >= 0.6 is 0 Å². The SMILES string of the molecule is CC(CNC(=O)Nc1cccc(-c2noc(=O)[nH]2)c1)c1ccccc1. The molecule has 0 spiro atoms. The average Bonchev–Trinajstić information content (AvgIpc) is 3.07. The predicted molar refractivity (Wildman–Crippen MR) is 94.4 cm³/mol. The van der Waals surface area contributed by atoms with Gasteiger partial charge in [-0.2, -0.15) is 0 Å². The van der Waals surface area contributed by atoms with Crippen LogP contribution in [0, 0.1) is 0 Å². The second kappa shape index (κ2) is 7.48. The van der Waals surface area contributed by atoms with Gasteiger partial charge in [0, 0.05) is 17.8 Å². The predicted octanol–water partition coefficient (Wildman–Crippen LogP) is 2.96. The van der Waals surface area contributed by atoms with Crippen LogP contribution in [-0.4, -0.2) is 22.7 Å². The van der Waals surface area contributed by atoms with Crippen molar-refractivity contribution in [2.75, 3.05) is 11.9 Å². The second-order valence-corrected chi connectivity index (χ2v) is 5.67. The van der Waals surface area contributed by atoms with E-state index in [1.807, 2.05) is 30.3 Å². The fraction of sp³-hybridized carbons (Fsp3) is 0.167. The third kappa shape index (κ3) is 4.35. The van der Waals surface area contributed by atoms with Gasteiger partial charge in [-0.1, -0.05) is 54.5 Å². The van der Waals surface area contributed by atoms with Gasteiger partial charge in [0.2, 0.25) is 0 Å². The third-order valence-corrected chi connectivity index (χ3v) is 3.77. The summed E-state index contributed by atoms with van der Waals surface area (Å²) >= 11 is 0. The Labute approximate surface area is 144 Å². The minimum Gasteiger partial charge on any atom is -0.337 e. The molecular formula is C18H18N4O3. The number of aromatic nitrogens is 2. The van der Waals surface area contributed by atoms with Gasteiger partial charge in [-0.25, -0.2) is 9.59 Å². The molecule has 7 heteroatoms. The largest absolute Gasteiger partial charge is 0.439 e. The van der Waals surface area contributed by atoms with Crippen molar-refractivity contribution in [2.45, 2.75) is 12.8 Å². The summed E-state index contributed by atoms with van der Waals surface area (Å²) in [5, 5.41) is 9.24. The fourth-order valence-corrected chi connectivity index (χ4v) is 2.42. The van der Waals surface area contributed by atoms with Crippen molar-refractivity contribution in [3.05, 3.63) is 70.7 Å². The molecule has 0 fully saturated rings. The van der Waals surface area contributed by atoms with Crippen LogP contribution in [0.4, 0.5) is 10.5 Å². The Morgan fingerprint density at radius 2 is 2.00 bits per heavy atom. The fourth-order valence-electron chi connectivity index (χ4n) is 2.42. The van der Waals surface area contributed by atoms with E-state index in [0.29, 0.717) is 23.6 Å². The number of amides is 2. The Kier molecular flexibility index (Phi) is 4.94. The van der Waals surface area contributed by atoms with Gasteiger partial charge in [-0.15, -0.1) is 0 Å². The van der Waals surface area contributed by atoms with Crippen molar-refractivity contribution in [3.63, 3.8) is 0 Å². The number of anilines is 1. The smallest absolute Gasteiger partial charge is 0.337 e. The summed E-state index contributed by atoms with van der Waals surface area (Å²) in [5.74, 6) is -0.105. The summed E-state index contributed by atoms with van der Waals surface area (Å²) in [6.45, 7) is 2.57. The van der Waals surface area contributed by atoms with E-state index in [-0.39, 0.29) is 11.9 Å². The molecule has 2 aromatic carbocycles. The molecule has 128 valence electrons. The van der Waals surface area contributed by atoms with E-state index in [2.05, 4.69) is 32.2 Å². The summed E-state index contributed by atoms with van der Waals surface area (Å²) in [4.78, 5) is 25.6. The van der Waals surface area contributed by atoms with Crippen LogP contribution in [0.5, 0.6) is 0 Å². The zero-order chi connectivity index (χ0) is 17.6. The molecule has 0 aliphatic carbocycles. The first kappa shape index (κ1) is 16.5. The minimum atomic E-state index is -0.624. The Morgan fingerprint density at radius 3 is 2.72 bits per heavy atom. The Bertz CT molecular complexity index is 902. The van der Waals surface area contributed by atoms with Crippen molar-refractivity contribution in [1.82, 2.24) is 15.5 Å².